The maximum absolute atomic E-state index is 13.2. The van der Waals surface area contributed by atoms with Crippen molar-refractivity contribution in [2.75, 3.05) is 12.4 Å². The molecule has 0 spiro atoms. The summed E-state index contributed by atoms with van der Waals surface area (Å²) < 4.78 is 6.05. The van der Waals surface area contributed by atoms with Gasteiger partial charge in [-0.3, -0.25) is 14.9 Å². The molecule has 2 aromatic heterocycles. The Balaban J connectivity index is 1.62. The second-order valence-corrected chi connectivity index (χ2v) is 11.3. The number of benzene rings is 2. The van der Waals surface area contributed by atoms with Crippen LogP contribution in [0.1, 0.15) is 44.4 Å². The third-order valence-electron chi connectivity index (χ3n) is 5.98. The molecular weight excluding hydrogens is 609 g/mol. The van der Waals surface area contributed by atoms with Crippen LogP contribution in [-0.4, -0.2) is 61.0 Å². The van der Waals surface area contributed by atoms with Gasteiger partial charge in [-0.2, -0.15) is 4.68 Å². The van der Waals surface area contributed by atoms with E-state index in [2.05, 4.69) is 46.4 Å². The predicted molar refractivity (Wildman–Crippen MR) is 165 cm³/mol. The summed E-state index contributed by atoms with van der Waals surface area (Å²) in [5.74, 6) is -0.816. The zero-order valence-electron chi connectivity index (χ0n) is 24.2. The molecule has 15 heteroatoms. The molecule has 228 valence electrons. The van der Waals surface area contributed by atoms with Gasteiger partial charge >= 0.3 is 6.09 Å². The molecule has 2 heterocycles. The molecule has 1 unspecified atom stereocenters. The molecule has 0 saturated heterocycles. The second kappa shape index (κ2) is 14.1. The van der Waals surface area contributed by atoms with Gasteiger partial charge in [-0.1, -0.05) is 35.3 Å². The number of ether oxygens (including phenoxy) is 1. The van der Waals surface area contributed by atoms with E-state index in [4.69, 9.17) is 23.2 Å². The van der Waals surface area contributed by atoms with Crippen LogP contribution in [0.15, 0.2) is 60.9 Å². The topological polar surface area (TPSA) is 166 Å². The van der Waals surface area contributed by atoms with E-state index in [0.717, 1.165) is 0 Å². The molecule has 44 heavy (non-hydrogen) atoms. The van der Waals surface area contributed by atoms with E-state index in [-0.39, 0.29) is 17.5 Å². The molecule has 1 atom stereocenters. The first-order valence-corrected chi connectivity index (χ1v) is 14.0. The van der Waals surface area contributed by atoms with Crippen LogP contribution in [0, 0.1) is 0 Å². The van der Waals surface area contributed by atoms with Gasteiger partial charge in [-0.15, -0.1) is 15.3 Å². The Labute approximate surface area is 263 Å². The lowest BCUT2D eigenvalue weighted by Crippen LogP contribution is -2.42. The highest BCUT2D eigenvalue weighted by molar-refractivity contribution is 6.31. The number of carbonyl (C=O) groups is 3. The van der Waals surface area contributed by atoms with Crippen molar-refractivity contribution >= 4 is 52.9 Å². The first kappa shape index (κ1) is 32.0. The van der Waals surface area contributed by atoms with E-state index in [1.165, 1.54) is 24.2 Å². The van der Waals surface area contributed by atoms with Crippen LogP contribution in [0.25, 0.3) is 23.0 Å². The van der Waals surface area contributed by atoms with Crippen LogP contribution in [0.5, 0.6) is 0 Å². The van der Waals surface area contributed by atoms with Crippen molar-refractivity contribution in [3.8, 4) is 16.9 Å². The van der Waals surface area contributed by atoms with E-state index in [0.29, 0.717) is 38.8 Å². The van der Waals surface area contributed by atoms with Crippen molar-refractivity contribution in [1.82, 2.24) is 41.0 Å². The molecule has 4 rings (SSSR count). The fourth-order valence-corrected chi connectivity index (χ4v) is 4.49. The minimum Gasteiger partial charge on any atom is -0.453 e. The first-order valence-electron chi connectivity index (χ1n) is 13.2. The average molecular weight is 639 g/mol. The van der Waals surface area contributed by atoms with Gasteiger partial charge in [0.15, 0.2) is 5.15 Å². The smallest absolute Gasteiger partial charge is 0.411 e. The lowest BCUT2D eigenvalue weighted by Gasteiger charge is -2.24. The third-order valence-corrected chi connectivity index (χ3v) is 6.51. The molecular formula is C29H29Cl2N9O4. The zero-order chi connectivity index (χ0) is 31.9. The Hall–Kier alpha value is -4.88. The number of aromatic nitrogens is 6. The summed E-state index contributed by atoms with van der Waals surface area (Å²) in [5.41, 5.74) is 2.67. The number of hydrogen-bond donors (Lipinski definition) is 3. The summed E-state index contributed by atoms with van der Waals surface area (Å²) in [4.78, 5) is 37.7. The van der Waals surface area contributed by atoms with E-state index in [9.17, 15) is 14.4 Å². The van der Waals surface area contributed by atoms with Crippen LogP contribution < -0.4 is 16.0 Å². The van der Waals surface area contributed by atoms with Gasteiger partial charge in [0.2, 0.25) is 11.8 Å². The molecule has 0 aliphatic heterocycles. The number of carbonyl (C=O) groups excluding carboxylic acids is 3. The third kappa shape index (κ3) is 8.82. The molecule has 3 N–H and O–H groups in total. The lowest BCUT2D eigenvalue weighted by atomic mass is 10.0. The fraction of sp³-hybridized carbons (Fsp3) is 0.241. The maximum Gasteiger partial charge on any atom is 0.411 e. The summed E-state index contributed by atoms with van der Waals surface area (Å²) in [6.07, 6.45) is 3.56. The van der Waals surface area contributed by atoms with Crippen LogP contribution in [-0.2, 0) is 14.3 Å². The lowest BCUT2D eigenvalue weighted by molar-refractivity contribution is -0.123. The molecule has 4 aromatic rings. The van der Waals surface area contributed by atoms with Crippen molar-refractivity contribution in [3.05, 3.63) is 82.2 Å². The summed E-state index contributed by atoms with van der Waals surface area (Å²) in [5, 5.41) is 28.3. The summed E-state index contributed by atoms with van der Waals surface area (Å²) >= 11 is 12.7. The first-order chi connectivity index (χ1) is 20.9. The molecule has 0 radical (unpaired) electrons. The summed E-state index contributed by atoms with van der Waals surface area (Å²) in [6, 6.07) is 12.6. The highest BCUT2D eigenvalue weighted by Gasteiger charge is 2.24. The second-order valence-electron chi connectivity index (χ2n) is 10.5. The number of tetrazole rings is 1. The monoisotopic (exact) mass is 637 g/mol. The molecule has 0 aliphatic carbocycles. The average Bonchev–Trinajstić information content (AvgIpc) is 3.50. The van der Waals surface area contributed by atoms with Crippen LogP contribution in [0.4, 0.5) is 10.5 Å². The van der Waals surface area contributed by atoms with Crippen LogP contribution in [0.3, 0.4) is 0 Å². The molecule has 2 aromatic carbocycles. The molecule has 0 fully saturated rings. The number of hydrogen-bond acceptors (Lipinski definition) is 9. The highest BCUT2D eigenvalue weighted by atomic mass is 35.5. The highest BCUT2D eigenvalue weighted by Crippen LogP contribution is 2.29. The standard InChI is InChI=1S/C29H29Cl2N9O4/c1-29(2,3)35-26(42)15-23(34-25(41)12-7-18-13-19(30)8-11-24(18)40-16-32-38-39-40)21-14-22(36-37-27(21)31)17-5-9-20(10-6-17)33-28(43)44-4/h5-14,16,23H,15H2,1-4H3,(H,33,43)(H,34,41)(H,35,42)/b12-7+. The number of halogens is 2. The maximum atomic E-state index is 13.2. The molecule has 13 nitrogen and oxygen atoms in total. The van der Waals surface area contributed by atoms with Crippen molar-refractivity contribution in [1.29, 1.82) is 0 Å². The number of nitrogens with one attached hydrogen (secondary N) is 3. The van der Waals surface area contributed by atoms with Gasteiger partial charge in [0.05, 0.1) is 31.0 Å². The molecule has 0 aliphatic rings. The number of anilines is 1. The number of rotatable bonds is 9. The quantitative estimate of drug-likeness (QED) is 0.219. The number of nitrogens with zero attached hydrogens (tertiary/aromatic N) is 6. The Kier molecular flexibility index (Phi) is 10.2. The van der Waals surface area contributed by atoms with Gasteiger partial charge < -0.3 is 15.4 Å². The van der Waals surface area contributed by atoms with Crippen molar-refractivity contribution in [3.63, 3.8) is 0 Å². The normalized spacial score (nSPS) is 12.0. The largest absolute Gasteiger partial charge is 0.453 e. The minimum atomic E-state index is -0.866. The van der Waals surface area contributed by atoms with E-state index < -0.39 is 23.6 Å². The predicted octanol–water partition coefficient (Wildman–Crippen LogP) is 4.78. The Morgan fingerprint density at radius 3 is 2.45 bits per heavy atom. The molecule has 0 saturated carbocycles. The Morgan fingerprint density at radius 1 is 1.05 bits per heavy atom. The number of amides is 3. The van der Waals surface area contributed by atoms with Crippen molar-refractivity contribution < 1.29 is 19.1 Å². The summed E-state index contributed by atoms with van der Waals surface area (Å²) in [6.45, 7) is 5.56. The fourth-order valence-electron chi connectivity index (χ4n) is 4.09. The summed E-state index contributed by atoms with van der Waals surface area (Å²) in [7, 11) is 1.27. The minimum absolute atomic E-state index is 0.0198. The Morgan fingerprint density at radius 2 is 1.80 bits per heavy atom. The molecule has 0 bridgehead atoms. The van der Waals surface area contributed by atoms with Gasteiger partial charge in [0, 0.05) is 39.0 Å². The van der Waals surface area contributed by atoms with E-state index >= 15 is 0 Å². The van der Waals surface area contributed by atoms with Crippen LogP contribution in [0.2, 0.25) is 10.2 Å². The van der Waals surface area contributed by atoms with Gasteiger partial charge in [-0.25, -0.2) is 4.79 Å². The van der Waals surface area contributed by atoms with E-state index in [1.807, 2.05) is 20.8 Å². The molecule has 3 amide bonds. The zero-order valence-corrected chi connectivity index (χ0v) is 25.7. The number of methoxy groups -OCH3 is 1. The van der Waals surface area contributed by atoms with Crippen LogP contribution >= 0.6 is 23.2 Å². The van der Waals surface area contributed by atoms with Gasteiger partial charge in [0.1, 0.15) is 6.33 Å². The van der Waals surface area contributed by atoms with Crippen molar-refractivity contribution in [2.24, 2.45) is 0 Å². The van der Waals surface area contributed by atoms with Gasteiger partial charge in [-0.05, 0) is 73.7 Å². The van der Waals surface area contributed by atoms with E-state index in [1.54, 1.807) is 54.6 Å². The van der Waals surface area contributed by atoms with Crippen molar-refractivity contribution in [2.45, 2.75) is 38.8 Å². The van der Waals surface area contributed by atoms with Gasteiger partial charge in [0.25, 0.3) is 0 Å². The Bertz CT molecular complexity index is 1670. The SMILES string of the molecule is COC(=O)Nc1ccc(-c2cc(C(CC(=O)NC(C)(C)C)NC(=O)/C=C/c3cc(Cl)ccc3-n3cnnn3)c(Cl)nn2)cc1.